The molecule has 0 aromatic rings. The largest absolute Gasteiger partial charge is 0.306 e. The van der Waals surface area contributed by atoms with Crippen molar-refractivity contribution in [3.8, 4) is 0 Å². The van der Waals surface area contributed by atoms with Crippen LogP contribution in [0.25, 0.3) is 0 Å². The molecule has 0 bridgehead atoms. The topological polar surface area (TPSA) is 6.48 Å². The molecule has 2 saturated heterocycles. The van der Waals surface area contributed by atoms with Gasteiger partial charge < -0.3 is 9.80 Å². The summed E-state index contributed by atoms with van der Waals surface area (Å²) in [6, 6.07) is 0. The molecule has 2 heteroatoms. The van der Waals surface area contributed by atoms with Crippen LogP contribution in [0, 0.1) is 23.2 Å². The summed E-state index contributed by atoms with van der Waals surface area (Å²) in [6.45, 7) is 11.7. The van der Waals surface area contributed by atoms with Gasteiger partial charge in [0, 0.05) is 13.1 Å². The lowest BCUT2D eigenvalue weighted by molar-refractivity contribution is 0.0551. The van der Waals surface area contributed by atoms with Crippen molar-refractivity contribution in [2.45, 2.75) is 46.0 Å². The van der Waals surface area contributed by atoms with Gasteiger partial charge in [-0.15, -0.1) is 0 Å². The second-order valence-electron chi connectivity index (χ2n) is 7.98. The highest BCUT2D eigenvalue weighted by Gasteiger charge is 2.52. The molecule has 3 fully saturated rings. The summed E-state index contributed by atoms with van der Waals surface area (Å²) in [5.74, 6) is 2.89. The van der Waals surface area contributed by atoms with Crippen LogP contribution < -0.4 is 0 Å². The number of rotatable bonds is 3. The molecular weight excluding hydrogens is 232 g/mol. The van der Waals surface area contributed by atoms with Gasteiger partial charge >= 0.3 is 0 Å². The third-order valence-electron chi connectivity index (χ3n) is 6.13. The lowest BCUT2D eigenvalue weighted by Gasteiger charge is -2.43. The molecule has 0 N–H and O–H groups in total. The minimum Gasteiger partial charge on any atom is -0.306 e. The quantitative estimate of drug-likeness (QED) is 0.773. The van der Waals surface area contributed by atoms with Crippen LogP contribution >= 0.6 is 0 Å². The van der Waals surface area contributed by atoms with Gasteiger partial charge in [0.15, 0.2) is 0 Å². The minimum atomic E-state index is 0.748. The van der Waals surface area contributed by atoms with Gasteiger partial charge in [-0.05, 0) is 82.0 Å². The smallest absolute Gasteiger partial charge is 0.00409 e. The molecule has 2 nitrogen and oxygen atoms in total. The Morgan fingerprint density at radius 1 is 1.05 bits per heavy atom. The average molecular weight is 264 g/mol. The Morgan fingerprint density at radius 3 is 2.32 bits per heavy atom. The van der Waals surface area contributed by atoms with Gasteiger partial charge in [0.2, 0.25) is 0 Å². The maximum Gasteiger partial charge on any atom is 0.00409 e. The van der Waals surface area contributed by atoms with Crippen molar-refractivity contribution < 1.29 is 0 Å². The molecule has 0 amide bonds. The van der Waals surface area contributed by atoms with Crippen molar-refractivity contribution in [3.63, 3.8) is 0 Å². The standard InChI is InChI=1S/C17H32N2/c1-14(2)16-6-11-19(13-17(16)7-8-17)12-15-4-9-18(3)10-5-15/h14-16H,4-13H2,1-3H3. The van der Waals surface area contributed by atoms with Crippen LogP contribution in [0.1, 0.15) is 46.0 Å². The van der Waals surface area contributed by atoms with Gasteiger partial charge in [-0.1, -0.05) is 13.8 Å². The van der Waals surface area contributed by atoms with E-state index in [0.29, 0.717) is 0 Å². The molecule has 3 aliphatic rings. The van der Waals surface area contributed by atoms with Gasteiger partial charge in [-0.2, -0.15) is 0 Å². The molecule has 1 aliphatic carbocycles. The molecule has 0 aromatic heterocycles. The highest BCUT2D eigenvalue weighted by Crippen LogP contribution is 2.57. The molecule has 1 atom stereocenters. The fourth-order valence-corrected chi connectivity index (χ4v) is 4.77. The van der Waals surface area contributed by atoms with E-state index in [-0.39, 0.29) is 0 Å². The Morgan fingerprint density at radius 2 is 1.74 bits per heavy atom. The second kappa shape index (κ2) is 5.37. The van der Waals surface area contributed by atoms with Crippen molar-refractivity contribution in [2.75, 3.05) is 39.8 Å². The molecule has 3 rings (SSSR count). The zero-order valence-electron chi connectivity index (χ0n) is 13.2. The normalized spacial score (nSPS) is 33.2. The molecular formula is C17H32N2. The van der Waals surface area contributed by atoms with Crippen LogP contribution in [0.5, 0.6) is 0 Å². The van der Waals surface area contributed by atoms with Gasteiger partial charge in [0.05, 0.1) is 0 Å². The van der Waals surface area contributed by atoms with E-state index in [1.54, 1.807) is 0 Å². The number of hydrogen-bond donors (Lipinski definition) is 0. The van der Waals surface area contributed by atoms with Crippen LogP contribution in [0.15, 0.2) is 0 Å². The lowest BCUT2D eigenvalue weighted by Crippen LogP contribution is -2.46. The molecule has 1 spiro atoms. The molecule has 2 aliphatic heterocycles. The first-order valence-corrected chi connectivity index (χ1v) is 8.50. The summed E-state index contributed by atoms with van der Waals surface area (Å²) >= 11 is 0. The van der Waals surface area contributed by atoms with Crippen LogP contribution in [-0.2, 0) is 0 Å². The highest BCUT2D eigenvalue weighted by molar-refractivity contribution is 5.04. The first kappa shape index (κ1) is 13.9. The van der Waals surface area contributed by atoms with E-state index in [9.17, 15) is 0 Å². The Balaban J connectivity index is 1.51. The number of nitrogens with zero attached hydrogens (tertiary/aromatic N) is 2. The summed E-state index contributed by atoms with van der Waals surface area (Å²) in [5.41, 5.74) is 0.748. The van der Waals surface area contributed by atoms with Crippen molar-refractivity contribution in [2.24, 2.45) is 23.2 Å². The number of hydrogen-bond acceptors (Lipinski definition) is 2. The average Bonchev–Trinajstić information content (AvgIpc) is 3.12. The van der Waals surface area contributed by atoms with Gasteiger partial charge in [0.25, 0.3) is 0 Å². The molecule has 1 saturated carbocycles. The molecule has 19 heavy (non-hydrogen) atoms. The fourth-order valence-electron chi connectivity index (χ4n) is 4.77. The van der Waals surface area contributed by atoms with Crippen molar-refractivity contribution in [1.29, 1.82) is 0 Å². The highest BCUT2D eigenvalue weighted by atomic mass is 15.2. The third-order valence-corrected chi connectivity index (χ3v) is 6.13. The van der Waals surface area contributed by atoms with Crippen LogP contribution in [0.4, 0.5) is 0 Å². The van der Waals surface area contributed by atoms with Crippen molar-refractivity contribution >= 4 is 0 Å². The van der Waals surface area contributed by atoms with Gasteiger partial charge in [-0.25, -0.2) is 0 Å². The Bertz CT molecular complexity index is 300. The fraction of sp³-hybridized carbons (Fsp3) is 1.00. The summed E-state index contributed by atoms with van der Waals surface area (Å²) in [4.78, 5) is 5.31. The minimum absolute atomic E-state index is 0.748. The molecule has 0 aromatic carbocycles. The first-order valence-electron chi connectivity index (χ1n) is 8.50. The SMILES string of the molecule is CC(C)C1CCN(CC2CCN(C)CC2)CC12CC2. The van der Waals surface area contributed by atoms with Crippen LogP contribution in [0.2, 0.25) is 0 Å². The van der Waals surface area contributed by atoms with Crippen LogP contribution in [0.3, 0.4) is 0 Å². The summed E-state index contributed by atoms with van der Waals surface area (Å²) < 4.78 is 0. The van der Waals surface area contributed by atoms with Crippen molar-refractivity contribution in [1.82, 2.24) is 9.80 Å². The van der Waals surface area contributed by atoms with E-state index in [2.05, 4.69) is 30.7 Å². The van der Waals surface area contributed by atoms with Gasteiger partial charge in [-0.3, -0.25) is 0 Å². The predicted molar refractivity (Wildman–Crippen MR) is 81.3 cm³/mol. The Hall–Kier alpha value is -0.0800. The van der Waals surface area contributed by atoms with Gasteiger partial charge in [0.1, 0.15) is 0 Å². The molecule has 2 heterocycles. The Kier molecular flexibility index (Phi) is 3.92. The van der Waals surface area contributed by atoms with E-state index in [0.717, 1.165) is 23.2 Å². The second-order valence-corrected chi connectivity index (χ2v) is 7.98. The molecule has 110 valence electrons. The van der Waals surface area contributed by atoms with E-state index < -0.39 is 0 Å². The molecule has 1 unspecified atom stereocenters. The number of likely N-dealkylation sites (tertiary alicyclic amines) is 2. The number of piperidine rings is 2. The zero-order valence-corrected chi connectivity index (χ0v) is 13.2. The zero-order chi connectivity index (χ0) is 13.5. The maximum atomic E-state index is 2.82. The summed E-state index contributed by atoms with van der Waals surface area (Å²) in [7, 11) is 2.27. The third kappa shape index (κ3) is 3.00. The van der Waals surface area contributed by atoms with E-state index >= 15 is 0 Å². The lowest BCUT2D eigenvalue weighted by atomic mass is 9.75. The van der Waals surface area contributed by atoms with Crippen LogP contribution in [-0.4, -0.2) is 49.6 Å². The van der Waals surface area contributed by atoms with E-state index in [4.69, 9.17) is 0 Å². The molecule has 0 radical (unpaired) electrons. The first-order chi connectivity index (χ1) is 9.09. The van der Waals surface area contributed by atoms with E-state index in [1.807, 2.05) is 0 Å². The van der Waals surface area contributed by atoms with E-state index in [1.165, 1.54) is 64.8 Å². The Labute approximate surface area is 119 Å². The monoisotopic (exact) mass is 264 g/mol. The van der Waals surface area contributed by atoms with Crippen molar-refractivity contribution in [3.05, 3.63) is 0 Å². The maximum absolute atomic E-state index is 2.82. The summed E-state index contributed by atoms with van der Waals surface area (Å²) in [5, 5.41) is 0. The predicted octanol–water partition coefficient (Wildman–Crippen LogP) is 3.09. The summed E-state index contributed by atoms with van der Waals surface area (Å²) in [6.07, 6.45) is 7.34.